The van der Waals surface area contributed by atoms with Crippen molar-refractivity contribution in [1.29, 1.82) is 0 Å². The maximum absolute atomic E-state index is 11.4. The van der Waals surface area contributed by atoms with Gasteiger partial charge in [0.05, 0.1) is 0 Å². The van der Waals surface area contributed by atoms with Gasteiger partial charge in [-0.25, -0.2) is 0 Å². The fraction of sp³-hybridized carbons (Fsp3) is 0.778. The Balaban J connectivity index is 3.83. The molecule has 0 unspecified atom stereocenters. The molecule has 5 nitrogen and oxygen atoms in total. The summed E-state index contributed by atoms with van der Waals surface area (Å²) in [4.78, 5) is 22.6. The standard InChI is InChI=1S/C9H18BrN3O2/c1-6(11)8(14)13-7(2)9(15)12-5-3-4-10/h6-7H,3-5,11H2,1-2H3,(H,12,15)(H,13,14)/p+1/t6-,7-/m0/s1. The van der Waals surface area contributed by atoms with Gasteiger partial charge in [-0.3, -0.25) is 9.59 Å². The molecular weight excluding hydrogens is 262 g/mol. The zero-order valence-electron chi connectivity index (χ0n) is 9.18. The summed E-state index contributed by atoms with van der Waals surface area (Å²) in [5.41, 5.74) is 3.58. The van der Waals surface area contributed by atoms with Crippen LogP contribution < -0.4 is 16.4 Å². The summed E-state index contributed by atoms with van der Waals surface area (Å²) in [7, 11) is 0. The molecule has 0 aliphatic rings. The molecule has 0 rings (SSSR count). The number of quaternary nitrogens is 1. The molecule has 2 atom stereocenters. The summed E-state index contributed by atoms with van der Waals surface area (Å²) < 4.78 is 0. The molecule has 5 N–H and O–H groups in total. The molecular formula is C9H19BrN3O2+. The van der Waals surface area contributed by atoms with Gasteiger partial charge >= 0.3 is 0 Å². The summed E-state index contributed by atoms with van der Waals surface area (Å²) in [6.45, 7) is 3.96. The van der Waals surface area contributed by atoms with Crippen LogP contribution in [0.3, 0.4) is 0 Å². The lowest BCUT2D eigenvalue weighted by Gasteiger charge is -2.14. The Hall–Kier alpha value is -0.620. The third-order valence-electron chi connectivity index (χ3n) is 1.81. The lowest BCUT2D eigenvalue weighted by molar-refractivity contribution is -0.398. The molecule has 0 saturated heterocycles. The van der Waals surface area contributed by atoms with E-state index in [4.69, 9.17) is 0 Å². The molecule has 0 aromatic carbocycles. The number of alkyl halides is 1. The predicted molar refractivity (Wildman–Crippen MR) is 61.4 cm³/mol. The van der Waals surface area contributed by atoms with Gasteiger partial charge in [0.15, 0.2) is 6.04 Å². The van der Waals surface area contributed by atoms with Gasteiger partial charge in [-0.2, -0.15) is 0 Å². The zero-order valence-corrected chi connectivity index (χ0v) is 10.8. The van der Waals surface area contributed by atoms with Crippen LogP contribution in [0.5, 0.6) is 0 Å². The van der Waals surface area contributed by atoms with Gasteiger partial charge in [0, 0.05) is 11.9 Å². The molecule has 0 fully saturated rings. The van der Waals surface area contributed by atoms with Crippen molar-refractivity contribution in [3.8, 4) is 0 Å². The minimum atomic E-state index is -0.503. The van der Waals surface area contributed by atoms with Crippen LogP contribution >= 0.6 is 15.9 Å². The maximum atomic E-state index is 11.4. The average molecular weight is 281 g/mol. The van der Waals surface area contributed by atoms with Gasteiger partial charge in [-0.1, -0.05) is 15.9 Å². The van der Waals surface area contributed by atoms with Crippen molar-refractivity contribution in [2.75, 3.05) is 11.9 Å². The van der Waals surface area contributed by atoms with E-state index in [-0.39, 0.29) is 17.9 Å². The van der Waals surface area contributed by atoms with Crippen molar-refractivity contribution in [1.82, 2.24) is 10.6 Å². The third-order valence-corrected chi connectivity index (χ3v) is 2.37. The number of carbonyl (C=O) groups is 2. The van der Waals surface area contributed by atoms with E-state index < -0.39 is 6.04 Å². The number of carbonyl (C=O) groups excluding carboxylic acids is 2. The summed E-state index contributed by atoms with van der Waals surface area (Å²) >= 11 is 3.27. The minimum absolute atomic E-state index is 0.162. The largest absolute Gasteiger partial charge is 0.354 e. The molecule has 2 amide bonds. The summed E-state index contributed by atoms with van der Waals surface area (Å²) in [5.74, 6) is -0.372. The van der Waals surface area contributed by atoms with E-state index in [9.17, 15) is 9.59 Å². The van der Waals surface area contributed by atoms with Crippen LogP contribution in [0.1, 0.15) is 20.3 Å². The van der Waals surface area contributed by atoms with Crippen LogP contribution in [-0.2, 0) is 9.59 Å². The SMILES string of the molecule is C[C@H]([NH3+])C(=O)N[C@@H](C)C(=O)NCCCBr. The van der Waals surface area contributed by atoms with Crippen LogP contribution in [-0.4, -0.2) is 35.8 Å². The van der Waals surface area contributed by atoms with E-state index in [1.165, 1.54) is 0 Å². The average Bonchev–Trinajstić information content (AvgIpc) is 2.17. The lowest BCUT2D eigenvalue weighted by Crippen LogP contribution is -2.67. The van der Waals surface area contributed by atoms with Crippen LogP contribution in [0.2, 0.25) is 0 Å². The van der Waals surface area contributed by atoms with Gasteiger partial charge in [-0.05, 0) is 20.3 Å². The molecule has 88 valence electrons. The normalized spacial score (nSPS) is 14.1. The minimum Gasteiger partial charge on any atom is -0.354 e. The first-order valence-electron chi connectivity index (χ1n) is 4.96. The van der Waals surface area contributed by atoms with Crippen molar-refractivity contribution in [3.05, 3.63) is 0 Å². The molecule has 0 heterocycles. The lowest BCUT2D eigenvalue weighted by atomic mass is 10.2. The molecule has 15 heavy (non-hydrogen) atoms. The topological polar surface area (TPSA) is 85.8 Å². The highest BCUT2D eigenvalue weighted by atomic mass is 79.9. The summed E-state index contributed by atoms with van der Waals surface area (Å²) in [6, 6.07) is -0.847. The molecule has 0 aromatic heterocycles. The molecule has 0 saturated carbocycles. The first-order chi connectivity index (χ1) is 6.99. The number of hydrogen-bond acceptors (Lipinski definition) is 2. The van der Waals surface area contributed by atoms with E-state index in [0.717, 1.165) is 11.8 Å². The van der Waals surface area contributed by atoms with Gasteiger partial charge in [-0.15, -0.1) is 0 Å². The zero-order chi connectivity index (χ0) is 11.8. The Kier molecular flexibility index (Phi) is 7.33. The van der Waals surface area contributed by atoms with Crippen LogP contribution in [0, 0.1) is 0 Å². The van der Waals surface area contributed by atoms with Crippen molar-refractivity contribution < 1.29 is 15.3 Å². The number of rotatable bonds is 6. The number of nitrogens with one attached hydrogen (secondary N) is 2. The van der Waals surface area contributed by atoms with E-state index in [2.05, 4.69) is 32.3 Å². The van der Waals surface area contributed by atoms with Crippen LogP contribution in [0.15, 0.2) is 0 Å². The summed E-state index contributed by atoms with van der Waals surface area (Å²) in [6.07, 6.45) is 0.873. The van der Waals surface area contributed by atoms with E-state index >= 15 is 0 Å². The Morgan fingerprint density at radius 2 is 1.93 bits per heavy atom. The number of halogens is 1. The van der Waals surface area contributed by atoms with E-state index in [1.807, 2.05) is 0 Å². The van der Waals surface area contributed by atoms with Crippen molar-refractivity contribution in [3.63, 3.8) is 0 Å². The Morgan fingerprint density at radius 3 is 2.40 bits per heavy atom. The molecule has 0 aliphatic carbocycles. The first-order valence-corrected chi connectivity index (χ1v) is 6.08. The fourth-order valence-electron chi connectivity index (χ4n) is 0.853. The van der Waals surface area contributed by atoms with Crippen LogP contribution in [0.25, 0.3) is 0 Å². The first kappa shape index (κ1) is 14.4. The monoisotopic (exact) mass is 280 g/mol. The molecule has 0 bridgehead atoms. The van der Waals surface area contributed by atoms with Crippen molar-refractivity contribution in [2.24, 2.45) is 0 Å². The van der Waals surface area contributed by atoms with Crippen LogP contribution in [0.4, 0.5) is 0 Å². The second kappa shape index (κ2) is 7.64. The highest BCUT2D eigenvalue weighted by Crippen LogP contribution is 1.87. The fourth-order valence-corrected chi connectivity index (χ4v) is 1.13. The Labute approximate surface area is 98.3 Å². The number of hydrogen-bond donors (Lipinski definition) is 3. The van der Waals surface area contributed by atoms with Crippen molar-refractivity contribution in [2.45, 2.75) is 32.4 Å². The molecule has 0 aromatic rings. The van der Waals surface area contributed by atoms with Crippen molar-refractivity contribution >= 4 is 27.7 Å². The van der Waals surface area contributed by atoms with E-state index in [0.29, 0.717) is 6.54 Å². The molecule has 0 radical (unpaired) electrons. The van der Waals surface area contributed by atoms with Gasteiger partial charge in [0.1, 0.15) is 6.04 Å². The molecule has 0 aliphatic heterocycles. The molecule has 6 heteroatoms. The summed E-state index contributed by atoms with van der Waals surface area (Å²) in [5, 5.41) is 6.16. The predicted octanol–water partition coefficient (Wildman–Crippen LogP) is -0.977. The Morgan fingerprint density at radius 1 is 1.33 bits per heavy atom. The second-order valence-corrected chi connectivity index (χ2v) is 4.26. The Bertz CT molecular complexity index is 221. The van der Waals surface area contributed by atoms with Gasteiger partial charge in [0.25, 0.3) is 5.91 Å². The maximum Gasteiger partial charge on any atom is 0.278 e. The van der Waals surface area contributed by atoms with E-state index in [1.54, 1.807) is 13.8 Å². The highest BCUT2D eigenvalue weighted by molar-refractivity contribution is 9.09. The third kappa shape index (κ3) is 6.46. The highest BCUT2D eigenvalue weighted by Gasteiger charge is 2.18. The van der Waals surface area contributed by atoms with Gasteiger partial charge in [0.2, 0.25) is 5.91 Å². The number of amides is 2. The quantitative estimate of drug-likeness (QED) is 0.432. The second-order valence-electron chi connectivity index (χ2n) is 3.46. The smallest absolute Gasteiger partial charge is 0.278 e. The van der Waals surface area contributed by atoms with Gasteiger partial charge < -0.3 is 16.4 Å². The molecule has 0 spiro atoms.